The molecule has 2 aromatic carbocycles. The van der Waals surface area contributed by atoms with E-state index in [1.165, 1.54) is 56.2 Å². The first-order valence-electron chi connectivity index (χ1n) is 14.9. The summed E-state index contributed by atoms with van der Waals surface area (Å²) in [7, 11) is 0. The summed E-state index contributed by atoms with van der Waals surface area (Å²) >= 11 is 0. The van der Waals surface area contributed by atoms with E-state index in [9.17, 15) is 4.39 Å². The number of phenolic OH excluding ortho intramolecular Hbond substituents is 1. The van der Waals surface area contributed by atoms with Crippen molar-refractivity contribution < 1.29 is 19.0 Å². The van der Waals surface area contributed by atoms with Crippen LogP contribution in [0.25, 0.3) is 0 Å². The maximum atomic E-state index is 12.9. The lowest BCUT2D eigenvalue weighted by Gasteiger charge is -2.31. The average molecular weight is 531 g/mol. The third-order valence-electron chi connectivity index (χ3n) is 6.62. The Balaban J connectivity index is 0.000000428. The highest BCUT2D eigenvalue weighted by Gasteiger charge is 2.25. The highest BCUT2D eigenvalue weighted by molar-refractivity contribution is 5.29. The van der Waals surface area contributed by atoms with Crippen LogP contribution in [0.15, 0.2) is 48.5 Å². The Morgan fingerprint density at radius 2 is 1.37 bits per heavy atom. The van der Waals surface area contributed by atoms with Crippen molar-refractivity contribution in [1.29, 1.82) is 0 Å². The van der Waals surface area contributed by atoms with Gasteiger partial charge in [-0.15, -0.1) is 0 Å². The molecule has 216 valence electrons. The van der Waals surface area contributed by atoms with Crippen molar-refractivity contribution in [2.75, 3.05) is 0 Å². The quantitative estimate of drug-likeness (QED) is 0.328. The molecule has 1 fully saturated rings. The zero-order valence-electron chi connectivity index (χ0n) is 25.4. The van der Waals surface area contributed by atoms with Crippen LogP contribution in [0.3, 0.4) is 0 Å². The molecule has 0 spiro atoms. The number of benzene rings is 2. The van der Waals surface area contributed by atoms with Crippen molar-refractivity contribution in [3.05, 3.63) is 59.7 Å². The summed E-state index contributed by atoms with van der Waals surface area (Å²) in [4.78, 5) is 0. The van der Waals surface area contributed by atoms with Crippen LogP contribution in [0.2, 0.25) is 0 Å². The van der Waals surface area contributed by atoms with E-state index >= 15 is 0 Å². The van der Waals surface area contributed by atoms with E-state index in [-0.39, 0.29) is 17.5 Å². The van der Waals surface area contributed by atoms with Crippen molar-refractivity contribution in [3.8, 4) is 11.5 Å². The minimum atomic E-state index is -0.907. The summed E-state index contributed by atoms with van der Waals surface area (Å²) < 4.78 is 25.5. The third-order valence-corrected chi connectivity index (χ3v) is 6.62. The van der Waals surface area contributed by atoms with Crippen LogP contribution >= 0.6 is 0 Å². The molecule has 0 radical (unpaired) electrons. The molecule has 0 aliphatic heterocycles. The van der Waals surface area contributed by atoms with E-state index in [0.717, 1.165) is 18.6 Å². The number of rotatable bonds is 9. The molecule has 2 aromatic rings. The van der Waals surface area contributed by atoms with Gasteiger partial charge in [-0.2, -0.15) is 0 Å². The minimum absolute atomic E-state index is 0.150. The average Bonchev–Trinajstić information content (AvgIpc) is 2.89. The number of halogens is 1. The number of alkyl halides is 1. The maximum absolute atomic E-state index is 12.9. The van der Waals surface area contributed by atoms with E-state index in [4.69, 9.17) is 14.6 Å². The Kier molecular flexibility index (Phi) is 16.3. The van der Waals surface area contributed by atoms with Gasteiger partial charge < -0.3 is 14.6 Å². The van der Waals surface area contributed by atoms with Gasteiger partial charge in [0.15, 0.2) is 0 Å². The molecule has 3 atom stereocenters. The molecule has 1 aliphatic carbocycles. The zero-order valence-corrected chi connectivity index (χ0v) is 25.4. The summed E-state index contributed by atoms with van der Waals surface area (Å²) in [6, 6.07) is 14.8. The molecule has 0 aromatic heterocycles. The minimum Gasteiger partial charge on any atom is -0.508 e. The smallest absolute Gasteiger partial charge is 0.200 e. The second-order valence-corrected chi connectivity index (χ2v) is 11.8. The fourth-order valence-corrected chi connectivity index (χ4v) is 4.21. The summed E-state index contributed by atoms with van der Waals surface area (Å²) in [6.45, 7) is 17.3. The predicted molar refractivity (Wildman–Crippen MR) is 160 cm³/mol. The first-order chi connectivity index (χ1) is 18.0. The first-order valence-corrected chi connectivity index (χ1v) is 14.9. The van der Waals surface area contributed by atoms with Gasteiger partial charge in [0.1, 0.15) is 17.7 Å². The molecule has 0 heterocycles. The molecule has 1 N–H and O–H groups in total. The number of hydrogen-bond donors (Lipinski definition) is 1. The molecule has 0 saturated heterocycles. The molecule has 3 nitrogen and oxygen atoms in total. The lowest BCUT2D eigenvalue weighted by atomic mass is 9.91. The Hall–Kier alpha value is -2.07. The van der Waals surface area contributed by atoms with Crippen LogP contribution in [-0.2, 0) is 4.74 Å². The van der Waals surface area contributed by atoms with E-state index in [2.05, 4.69) is 72.7 Å². The largest absolute Gasteiger partial charge is 0.508 e. The fourth-order valence-electron chi connectivity index (χ4n) is 4.21. The Morgan fingerprint density at radius 3 is 1.84 bits per heavy atom. The number of aromatic hydroxyl groups is 1. The van der Waals surface area contributed by atoms with Gasteiger partial charge in [0, 0.05) is 6.42 Å². The summed E-state index contributed by atoms with van der Waals surface area (Å²) in [5, 5.41) is 8.89. The number of hydrogen-bond acceptors (Lipinski definition) is 3. The lowest BCUT2D eigenvalue weighted by molar-refractivity contribution is -0.142. The van der Waals surface area contributed by atoms with Gasteiger partial charge in [0.2, 0.25) is 6.29 Å². The number of ether oxygens (including phenoxy) is 2. The van der Waals surface area contributed by atoms with Crippen molar-refractivity contribution in [2.45, 2.75) is 138 Å². The molecule has 1 aliphatic rings. The van der Waals surface area contributed by atoms with Gasteiger partial charge in [0.25, 0.3) is 0 Å². The summed E-state index contributed by atoms with van der Waals surface area (Å²) in [5.41, 5.74) is 2.20. The van der Waals surface area contributed by atoms with Crippen molar-refractivity contribution in [2.24, 2.45) is 5.41 Å². The second kappa shape index (κ2) is 18.3. The Labute approximate surface area is 233 Å². The molecule has 0 bridgehead atoms. The maximum Gasteiger partial charge on any atom is 0.200 e. The molecular weight excluding hydrogens is 475 g/mol. The highest BCUT2D eigenvalue weighted by atomic mass is 19.1. The molecule has 0 amide bonds. The monoisotopic (exact) mass is 530 g/mol. The van der Waals surface area contributed by atoms with Crippen LogP contribution in [0, 0.1) is 5.41 Å². The normalized spacial score (nSPS) is 16.2. The molecule has 3 unspecified atom stereocenters. The van der Waals surface area contributed by atoms with Crippen molar-refractivity contribution in [1.82, 2.24) is 0 Å². The van der Waals surface area contributed by atoms with Gasteiger partial charge in [-0.3, -0.25) is 0 Å². The summed E-state index contributed by atoms with van der Waals surface area (Å²) in [6.07, 6.45) is 9.39. The SMILES string of the molecule is CCC.CCC(C)c1ccc(OC(CC(C)(C)C)OC2CCCCC2)cc1.CCC(F)c1ccc(O)cc1. The van der Waals surface area contributed by atoms with E-state index in [1.54, 1.807) is 19.1 Å². The molecule has 4 heteroatoms. The topological polar surface area (TPSA) is 38.7 Å². The second-order valence-electron chi connectivity index (χ2n) is 11.8. The van der Waals surface area contributed by atoms with E-state index < -0.39 is 6.17 Å². The van der Waals surface area contributed by atoms with E-state index in [1.807, 2.05) is 0 Å². The fraction of sp³-hybridized carbons (Fsp3) is 0.647. The Bertz CT molecular complexity index is 836. The number of phenols is 1. The predicted octanol–water partition coefficient (Wildman–Crippen LogP) is 10.9. The highest BCUT2D eigenvalue weighted by Crippen LogP contribution is 2.30. The van der Waals surface area contributed by atoms with Gasteiger partial charge in [-0.25, -0.2) is 4.39 Å². The van der Waals surface area contributed by atoms with Crippen molar-refractivity contribution in [3.63, 3.8) is 0 Å². The lowest BCUT2D eigenvalue weighted by Crippen LogP contribution is -2.32. The standard InChI is InChI=1S/C22H36O2.C9H11FO.C3H8/c1-6-17(2)18-12-14-20(15-13-18)24-21(16-22(3,4)5)23-19-10-8-7-9-11-19;1-2-9(10)7-3-5-8(11)6-4-7;1-3-2/h12-15,17,19,21H,6-11,16H2,1-5H3;3-6,9,11H,2H2,1H3;3H2,1-2H3. The van der Waals surface area contributed by atoms with Gasteiger partial charge in [-0.1, -0.05) is 105 Å². The molecule has 3 rings (SSSR count). The van der Waals surface area contributed by atoms with E-state index in [0.29, 0.717) is 24.0 Å². The Morgan fingerprint density at radius 1 is 0.842 bits per heavy atom. The first kappa shape index (κ1) is 34.0. The molecule has 38 heavy (non-hydrogen) atoms. The van der Waals surface area contributed by atoms with Gasteiger partial charge in [-0.05, 0) is 72.4 Å². The molecule has 1 saturated carbocycles. The van der Waals surface area contributed by atoms with Gasteiger partial charge >= 0.3 is 0 Å². The van der Waals surface area contributed by atoms with Crippen LogP contribution in [0.4, 0.5) is 4.39 Å². The van der Waals surface area contributed by atoms with Gasteiger partial charge in [0.05, 0.1) is 6.10 Å². The zero-order chi connectivity index (χ0) is 28.6. The van der Waals surface area contributed by atoms with Crippen LogP contribution in [0.5, 0.6) is 11.5 Å². The third kappa shape index (κ3) is 14.2. The molecular formula is C34H55FO3. The van der Waals surface area contributed by atoms with Crippen LogP contribution < -0.4 is 4.74 Å². The van der Waals surface area contributed by atoms with Crippen LogP contribution in [-0.4, -0.2) is 17.5 Å². The van der Waals surface area contributed by atoms with Crippen LogP contribution in [0.1, 0.15) is 136 Å². The van der Waals surface area contributed by atoms with Crippen molar-refractivity contribution >= 4 is 0 Å². The summed E-state index contributed by atoms with van der Waals surface area (Å²) in [5.74, 6) is 1.70.